The lowest BCUT2D eigenvalue weighted by atomic mass is 9.90. The highest BCUT2D eigenvalue weighted by atomic mass is 19.1. The lowest BCUT2D eigenvalue weighted by molar-refractivity contribution is -0.147. The maximum Gasteiger partial charge on any atom is 0.307 e. The van der Waals surface area contributed by atoms with Crippen LogP contribution in [0.15, 0.2) is 24.4 Å². The maximum absolute atomic E-state index is 13.3. The van der Waals surface area contributed by atoms with Crippen molar-refractivity contribution in [1.82, 2.24) is 10.3 Å². The summed E-state index contributed by atoms with van der Waals surface area (Å²) in [6.07, 6.45) is 2.51. The minimum atomic E-state index is -0.773. The molecule has 0 aliphatic carbocycles. The van der Waals surface area contributed by atoms with E-state index in [0.717, 1.165) is 16.5 Å². The van der Waals surface area contributed by atoms with Crippen molar-refractivity contribution in [3.63, 3.8) is 0 Å². The predicted molar refractivity (Wildman–Crippen MR) is 83.2 cm³/mol. The highest BCUT2D eigenvalue weighted by Gasteiger charge is 2.45. The van der Waals surface area contributed by atoms with Crippen molar-refractivity contribution in [2.45, 2.75) is 32.3 Å². The normalized spacial score (nSPS) is 19.8. The van der Waals surface area contributed by atoms with E-state index in [4.69, 9.17) is 4.74 Å². The van der Waals surface area contributed by atoms with Gasteiger partial charge in [-0.2, -0.15) is 0 Å². The Balaban J connectivity index is 1.61. The van der Waals surface area contributed by atoms with Crippen LogP contribution in [-0.2, 0) is 20.7 Å². The zero-order valence-electron chi connectivity index (χ0n) is 13.1. The molecule has 0 radical (unpaired) electrons. The number of H-pyrrole nitrogens is 1. The van der Waals surface area contributed by atoms with Crippen molar-refractivity contribution in [3.05, 3.63) is 35.8 Å². The molecule has 122 valence electrons. The molecule has 0 spiro atoms. The van der Waals surface area contributed by atoms with Gasteiger partial charge in [-0.1, -0.05) is 0 Å². The average Bonchev–Trinajstić information content (AvgIpc) is 2.98. The number of cyclic esters (lactones) is 1. The first-order valence-electron chi connectivity index (χ1n) is 7.62. The van der Waals surface area contributed by atoms with Crippen molar-refractivity contribution in [1.29, 1.82) is 0 Å². The van der Waals surface area contributed by atoms with Gasteiger partial charge in [0.15, 0.2) is 0 Å². The minimum Gasteiger partial charge on any atom is -0.459 e. The second-order valence-electron chi connectivity index (χ2n) is 6.38. The fraction of sp³-hybridized carbons (Fsp3) is 0.412. The van der Waals surface area contributed by atoms with Crippen LogP contribution in [0.5, 0.6) is 0 Å². The van der Waals surface area contributed by atoms with Crippen LogP contribution >= 0.6 is 0 Å². The number of nitrogens with one attached hydrogen (secondary N) is 2. The molecular weight excluding hydrogens is 299 g/mol. The molecule has 2 heterocycles. The van der Waals surface area contributed by atoms with Crippen LogP contribution in [0.3, 0.4) is 0 Å². The molecule has 0 unspecified atom stereocenters. The van der Waals surface area contributed by atoms with Crippen LogP contribution in [0.1, 0.15) is 25.8 Å². The number of fused-ring (bicyclic) bond motifs is 1. The molecule has 1 aromatic carbocycles. The fourth-order valence-electron chi connectivity index (χ4n) is 3.03. The summed E-state index contributed by atoms with van der Waals surface area (Å²) in [6.45, 7) is 3.90. The summed E-state index contributed by atoms with van der Waals surface area (Å²) in [7, 11) is 0. The van der Waals surface area contributed by atoms with Crippen molar-refractivity contribution < 1.29 is 18.7 Å². The van der Waals surface area contributed by atoms with Crippen LogP contribution in [0.2, 0.25) is 0 Å². The van der Waals surface area contributed by atoms with Gasteiger partial charge in [-0.05, 0) is 44.0 Å². The lowest BCUT2D eigenvalue weighted by Crippen LogP contribution is -2.41. The summed E-state index contributed by atoms with van der Waals surface area (Å²) in [5, 5.41) is 3.66. The summed E-state index contributed by atoms with van der Waals surface area (Å²) in [6, 6.07) is 4.58. The topological polar surface area (TPSA) is 71.2 Å². The number of halogens is 1. The molecule has 1 aromatic heterocycles. The van der Waals surface area contributed by atoms with E-state index in [1.54, 1.807) is 19.9 Å². The maximum atomic E-state index is 13.3. The Labute approximate surface area is 133 Å². The highest BCUT2D eigenvalue weighted by Crippen LogP contribution is 2.32. The monoisotopic (exact) mass is 318 g/mol. The number of carbonyl (C=O) groups is 2. The Bertz CT molecular complexity index is 766. The molecule has 2 N–H and O–H groups in total. The number of esters is 1. The Morgan fingerprint density at radius 3 is 2.96 bits per heavy atom. The number of benzene rings is 1. The summed E-state index contributed by atoms with van der Waals surface area (Å²) in [5.41, 5.74) is 1.03. The van der Waals surface area contributed by atoms with Crippen molar-refractivity contribution >= 4 is 22.8 Å². The molecule has 23 heavy (non-hydrogen) atoms. The van der Waals surface area contributed by atoms with Gasteiger partial charge < -0.3 is 15.0 Å². The van der Waals surface area contributed by atoms with E-state index in [-0.39, 0.29) is 24.1 Å². The molecule has 0 bridgehead atoms. The van der Waals surface area contributed by atoms with E-state index in [0.29, 0.717) is 13.0 Å². The molecule has 1 fully saturated rings. The first-order chi connectivity index (χ1) is 10.9. The summed E-state index contributed by atoms with van der Waals surface area (Å²) in [4.78, 5) is 26.7. The third-order valence-corrected chi connectivity index (χ3v) is 4.33. The fourth-order valence-corrected chi connectivity index (χ4v) is 3.03. The molecule has 3 rings (SSSR count). The number of hydrogen-bond acceptors (Lipinski definition) is 3. The highest BCUT2D eigenvalue weighted by molar-refractivity contribution is 5.88. The van der Waals surface area contributed by atoms with Gasteiger partial charge in [-0.3, -0.25) is 9.59 Å². The molecule has 0 saturated carbocycles. The smallest absolute Gasteiger partial charge is 0.307 e. The third-order valence-electron chi connectivity index (χ3n) is 4.33. The number of hydrogen-bond donors (Lipinski definition) is 2. The minimum absolute atomic E-state index is 0.108. The van der Waals surface area contributed by atoms with Gasteiger partial charge in [-0.25, -0.2) is 4.39 Å². The SMILES string of the molecule is CC1(C)OC(=O)C[C@@H]1C(=O)NCCc1c[nH]c2ccc(F)cc12. The van der Waals surface area contributed by atoms with E-state index in [1.165, 1.54) is 12.1 Å². The average molecular weight is 318 g/mol. The second kappa shape index (κ2) is 5.68. The Kier molecular flexibility index (Phi) is 3.83. The largest absolute Gasteiger partial charge is 0.459 e. The van der Waals surface area contributed by atoms with Gasteiger partial charge in [0, 0.05) is 23.6 Å². The zero-order chi connectivity index (χ0) is 16.6. The summed E-state index contributed by atoms with van der Waals surface area (Å²) >= 11 is 0. The number of aromatic nitrogens is 1. The van der Waals surface area contributed by atoms with Crippen molar-refractivity contribution in [3.8, 4) is 0 Å². The first kappa shape index (κ1) is 15.5. The molecule has 1 amide bonds. The summed E-state index contributed by atoms with van der Waals surface area (Å²) in [5.74, 6) is -1.30. The van der Waals surface area contributed by atoms with Crippen LogP contribution in [-0.4, -0.2) is 29.0 Å². The molecule has 1 atom stereocenters. The molecule has 6 heteroatoms. The standard InChI is InChI=1S/C17H19FN2O3/c1-17(2)13(8-15(21)23-17)16(22)19-6-5-10-9-20-14-4-3-11(18)7-12(10)14/h3-4,7,9,13,20H,5-6,8H2,1-2H3,(H,19,22)/t13-/m1/s1. The van der Waals surface area contributed by atoms with Crippen molar-refractivity contribution in [2.24, 2.45) is 5.92 Å². The predicted octanol–water partition coefficient (Wildman–Crippen LogP) is 2.31. The van der Waals surface area contributed by atoms with E-state index >= 15 is 0 Å². The number of aromatic amines is 1. The van der Waals surface area contributed by atoms with Crippen molar-refractivity contribution in [2.75, 3.05) is 6.54 Å². The van der Waals surface area contributed by atoms with Gasteiger partial charge in [0.25, 0.3) is 0 Å². The van der Waals surface area contributed by atoms with Gasteiger partial charge in [0.2, 0.25) is 5.91 Å². The van der Waals surface area contributed by atoms with E-state index < -0.39 is 11.5 Å². The number of rotatable bonds is 4. The third kappa shape index (κ3) is 3.06. The molecular formula is C17H19FN2O3. The van der Waals surface area contributed by atoms with Gasteiger partial charge >= 0.3 is 5.97 Å². The molecule has 1 aliphatic rings. The number of amides is 1. The van der Waals surface area contributed by atoms with Gasteiger partial charge in [-0.15, -0.1) is 0 Å². The molecule has 5 nitrogen and oxygen atoms in total. The lowest BCUT2D eigenvalue weighted by Gasteiger charge is -2.23. The zero-order valence-corrected chi connectivity index (χ0v) is 13.1. The molecule has 1 aliphatic heterocycles. The van der Waals surface area contributed by atoms with Gasteiger partial charge in [0.1, 0.15) is 11.4 Å². The number of carbonyl (C=O) groups excluding carboxylic acids is 2. The van der Waals surface area contributed by atoms with E-state index in [1.807, 2.05) is 6.20 Å². The Morgan fingerprint density at radius 1 is 1.48 bits per heavy atom. The van der Waals surface area contributed by atoms with Gasteiger partial charge in [0.05, 0.1) is 12.3 Å². The van der Waals surface area contributed by atoms with Crippen LogP contribution in [0.25, 0.3) is 10.9 Å². The number of ether oxygens (including phenoxy) is 1. The Hall–Kier alpha value is -2.37. The van der Waals surface area contributed by atoms with E-state index in [9.17, 15) is 14.0 Å². The van der Waals surface area contributed by atoms with E-state index in [2.05, 4.69) is 10.3 Å². The Morgan fingerprint density at radius 2 is 2.26 bits per heavy atom. The quantitative estimate of drug-likeness (QED) is 0.850. The van der Waals surface area contributed by atoms with Crippen LogP contribution < -0.4 is 5.32 Å². The summed E-state index contributed by atoms with van der Waals surface area (Å²) < 4.78 is 18.5. The second-order valence-corrected chi connectivity index (χ2v) is 6.38. The molecule has 2 aromatic rings. The van der Waals surface area contributed by atoms with Crippen LogP contribution in [0, 0.1) is 11.7 Å². The van der Waals surface area contributed by atoms with Crippen LogP contribution in [0.4, 0.5) is 4.39 Å². The first-order valence-corrected chi connectivity index (χ1v) is 7.62. The molecule has 1 saturated heterocycles.